The minimum Gasteiger partial charge on any atom is -0.481 e. The maximum absolute atomic E-state index is 14.6. The summed E-state index contributed by atoms with van der Waals surface area (Å²) in [6.45, 7) is 35.1. The van der Waals surface area contributed by atoms with Gasteiger partial charge in [-0.05, 0) is 213 Å². The van der Waals surface area contributed by atoms with E-state index < -0.39 is 303 Å². The average molecular weight is 1980 g/mol. The molecule has 1 unspecified atom stereocenters. The van der Waals surface area contributed by atoms with Gasteiger partial charge in [0.15, 0.2) is 0 Å². The molecule has 2 aliphatic rings. The summed E-state index contributed by atoms with van der Waals surface area (Å²) in [6.07, 6.45) is -1.49. The van der Waals surface area contributed by atoms with Gasteiger partial charge in [-0.15, -0.1) is 0 Å². The van der Waals surface area contributed by atoms with Gasteiger partial charge in [0, 0.05) is 39.3 Å². The molecule has 3 rings (SSSR count). The second-order valence-electron chi connectivity index (χ2n) is 41.6. The molecule has 47 heteroatoms. The third kappa shape index (κ3) is 37.0. The summed E-state index contributed by atoms with van der Waals surface area (Å²) in [7, 11) is 0. The Bertz CT molecular complexity index is 4750. The lowest BCUT2D eigenvalue weighted by Crippen LogP contribution is -2.67. The number of aliphatic hydroxyl groups excluding tert-OH is 1. The molecule has 784 valence electrons. The molecule has 1 aromatic rings. The summed E-state index contributed by atoms with van der Waals surface area (Å²) in [5.41, 5.74) is -4.42. The van der Waals surface area contributed by atoms with Gasteiger partial charge < -0.3 is 127 Å². The van der Waals surface area contributed by atoms with E-state index in [9.17, 15) is 120 Å². The van der Waals surface area contributed by atoms with E-state index in [-0.39, 0.29) is 51.1 Å². The first-order valence-electron chi connectivity index (χ1n) is 46.7. The van der Waals surface area contributed by atoms with Crippen LogP contribution in [0.5, 0.6) is 0 Å². The van der Waals surface area contributed by atoms with Crippen molar-refractivity contribution in [3.05, 3.63) is 35.9 Å². The summed E-state index contributed by atoms with van der Waals surface area (Å²) in [6, 6.07) is -4.41. The van der Waals surface area contributed by atoms with Gasteiger partial charge in [-0.1, -0.05) is 71.9 Å². The van der Waals surface area contributed by atoms with E-state index >= 15 is 0 Å². The number of hydrogen-bond acceptors (Lipinski definition) is 24. The lowest BCUT2D eigenvalue weighted by molar-refractivity contribution is -0.146. The predicted molar refractivity (Wildman–Crippen MR) is 509 cm³/mol. The number of hydrogen-bond donors (Lipinski definition) is 22. The van der Waals surface area contributed by atoms with Crippen LogP contribution >= 0.6 is 0 Å². The highest BCUT2D eigenvalue weighted by atomic mass is 16.4. The second-order valence-corrected chi connectivity index (χ2v) is 41.6. The zero-order valence-electron chi connectivity index (χ0n) is 85.5. The number of primary amides is 2. The second kappa shape index (κ2) is 50.7. The molecule has 0 spiro atoms. The van der Waals surface area contributed by atoms with Gasteiger partial charge in [0.05, 0.1) is 19.2 Å². The Balaban J connectivity index is 1.66. The summed E-state index contributed by atoms with van der Waals surface area (Å²) in [4.78, 5) is 316. The molecule has 0 radical (unpaired) electrons. The van der Waals surface area contributed by atoms with Crippen molar-refractivity contribution in [3.8, 4) is 0 Å². The SMILES string of the molecule is CC(=O)NC(C)(C)C(=O)N1CCC[C@H]1C(=O)NC(C)(C)C(=O)N[C@@H](C)C(=O)NC(C)(C)C(=O)NC(C)(C)C(=O)N[C@@H](CCC(N)=O)C(=O)NC(C)(C)C(=O)N[C@H](C(=O)NC(C)(C)C(=O)NCC(=O)N[C@@H](CC(C)C)C(=O)NC(C)(C)C(=O)N1CCC[C@H]1C(=O)N[C@H](C(=O)NC(C)(C)C(=O)NC(C)(C)C(=O)N[C@@H](CCC(=O)O)C(=O)N[C@@H](CCC(N)=O)C(=O)NC(CO)Cc1ccccc1)C(C)C)C(C)C. The van der Waals surface area contributed by atoms with Gasteiger partial charge in [0.2, 0.25) is 130 Å². The number of aliphatic hydroxyl groups is 1. The number of benzene rings is 1. The van der Waals surface area contributed by atoms with Crippen LogP contribution in [0.4, 0.5) is 0 Å². The molecule has 1 aromatic carbocycles. The van der Waals surface area contributed by atoms with Crippen molar-refractivity contribution in [2.45, 2.75) is 367 Å². The predicted octanol–water partition coefficient (Wildman–Crippen LogP) is -3.96. The number of likely N-dealkylation sites (tertiary alicyclic amines) is 2. The van der Waals surface area contributed by atoms with Crippen molar-refractivity contribution in [2.24, 2.45) is 29.2 Å². The van der Waals surface area contributed by atoms with E-state index in [1.165, 1.54) is 148 Å². The first-order chi connectivity index (χ1) is 64.1. The maximum Gasteiger partial charge on any atom is 0.303 e. The number of nitrogens with zero attached hydrogens (tertiary/aromatic N) is 2. The summed E-state index contributed by atoms with van der Waals surface area (Å²) < 4.78 is 0. The van der Waals surface area contributed by atoms with Crippen molar-refractivity contribution in [3.63, 3.8) is 0 Å². The third-order valence-electron chi connectivity index (χ3n) is 23.4. The zero-order chi connectivity index (χ0) is 108. The van der Waals surface area contributed by atoms with Crippen molar-refractivity contribution >= 4 is 136 Å². The van der Waals surface area contributed by atoms with E-state index in [2.05, 4.69) is 95.7 Å². The summed E-state index contributed by atoms with van der Waals surface area (Å²) >= 11 is 0. The fourth-order valence-corrected chi connectivity index (χ4v) is 14.8. The van der Waals surface area contributed by atoms with E-state index in [4.69, 9.17) is 11.5 Å². The van der Waals surface area contributed by atoms with Crippen LogP contribution in [-0.4, -0.2) is 292 Å². The number of carbonyl (C=O) groups excluding carboxylic acids is 22. The molecule has 10 atom stereocenters. The number of rotatable bonds is 53. The zero-order valence-corrected chi connectivity index (χ0v) is 85.5. The van der Waals surface area contributed by atoms with Crippen molar-refractivity contribution in [1.29, 1.82) is 0 Å². The number of aliphatic carboxylic acids is 1. The minimum absolute atomic E-state index is 0.00278. The van der Waals surface area contributed by atoms with Gasteiger partial charge in [-0.3, -0.25) is 110 Å². The van der Waals surface area contributed by atoms with E-state index in [1.54, 1.807) is 71.9 Å². The molecular weight excluding hydrogens is 1830 g/mol. The van der Waals surface area contributed by atoms with Crippen molar-refractivity contribution < 1.29 is 120 Å². The first kappa shape index (κ1) is 121. The van der Waals surface area contributed by atoms with Gasteiger partial charge >= 0.3 is 5.97 Å². The van der Waals surface area contributed by atoms with Crippen LogP contribution in [0.2, 0.25) is 0 Å². The van der Waals surface area contributed by atoms with E-state index in [0.29, 0.717) is 12.8 Å². The van der Waals surface area contributed by atoms with Gasteiger partial charge in [0.25, 0.3) is 0 Å². The highest BCUT2D eigenvalue weighted by Crippen LogP contribution is 2.27. The molecule has 47 nitrogen and oxygen atoms in total. The molecular formula is C93H152N22O25. The molecule has 0 bridgehead atoms. The standard InChI is InChI=1S/C93H152N22O25/c1-48(2)44-58(71(127)108-93(25,26)84(140)114-42-30-34-59(114)72(128)103-65(49(3)4)74(130)111-91(21,22)82(138)113-88(15,16)78(134)101-56(38-41-64(121)122)69(125)100-55(36-39-61(94)118)68(124)98-54(47-116)45-53-32-28-27-29-33-53)99-63(120)46-96-76(132)85(9,10)110-75(131)66(50(5)6)104-80(136)87(13,14)107-70(126)57(37-40-62(95)119)102-79(135)89(17,18)112-81(137)90(19,20)106-67(123)51(7)97-77(133)86(11,12)109-73(129)60-35-31-43-115(60)83(139)92(23,24)105-52(8)117/h27-29,32-33,48-51,54-60,65-66,116H,30-31,34-47H2,1-26H3,(H2,94,118)(H2,95,119)(H,96,132)(H,97,133)(H,98,124)(H,99,120)(H,100,125)(H,101,134)(H,102,135)(H,103,128)(H,104,136)(H,105,117)(H,106,123)(H,107,126)(H,108,127)(H,109,129)(H,110,131)(H,111,130)(H,112,137)(H,113,138)(H,121,122)/t51-,54?,55-,56-,57-,58-,59-,60-,65-,66-/m0/s1. The lowest BCUT2D eigenvalue weighted by atomic mass is 9.96. The Labute approximate surface area is 817 Å². The molecule has 2 fully saturated rings. The Morgan fingerprint density at radius 3 is 1.19 bits per heavy atom. The van der Waals surface area contributed by atoms with Crippen LogP contribution in [0, 0.1) is 17.8 Å². The van der Waals surface area contributed by atoms with Crippen molar-refractivity contribution in [2.75, 3.05) is 26.2 Å². The maximum atomic E-state index is 14.6. The fraction of sp³-hybridized carbons (Fsp3) is 0.688. The number of carboxylic acid groups (broad SMARTS) is 1. The lowest BCUT2D eigenvalue weighted by Gasteiger charge is -2.36. The fourth-order valence-electron chi connectivity index (χ4n) is 14.8. The molecule has 0 aromatic heterocycles. The Hall–Kier alpha value is -13.0. The summed E-state index contributed by atoms with van der Waals surface area (Å²) in [5, 5.41) is 65.6. The number of amides is 22. The van der Waals surface area contributed by atoms with Crippen LogP contribution in [0.3, 0.4) is 0 Å². The quantitative estimate of drug-likeness (QED) is 0.0296. The molecule has 22 amide bonds. The van der Waals surface area contributed by atoms with Crippen LogP contribution in [-0.2, 0) is 117 Å². The normalized spacial score (nSPS) is 16.0. The smallest absolute Gasteiger partial charge is 0.303 e. The number of carbonyl (C=O) groups is 23. The highest BCUT2D eigenvalue weighted by molar-refractivity contribution is 6.05. The van der Waals surface area contributed by atoms with E-state index in [0.717, 1.165) is 5.56 Å². The third-order valence-corrected chi connectivity index (χ3v) is 23.4. The number of carboxylic acids is 1. The first-order valence-corrected chi connectivity index (χ1v) is 46.7. The Morgan fingerprint density at radius 1 is 0.379 bits per heavy atom. The average Bonchev–Trinajstić information content (AvgIpc) is 1.61. The molecule has 140 heavy (non-hydrogen) atoms. The molecule has 0 aliphatic carbocycles. The highest BCUT2D eigenvalue weighted by Gasteiger charge is 2.49. The van der Waals surface area contributed by atoms with Crippen LogP contribution in [0.25, 0.3) is 0 Å². The van der Waals surface area contributed by atoms with Gasteiger partial charge in [-0.2, -0.15) is 0 Å². The molecule has 2 aliphatic heterocycles. The minimum atomic E-state index is -1.92. The van der Waals surface area contributed by atoms with Gasteiger partial charge in [-0.25, -0.2) is 0 Å². The van der Waals surface area contributed by atoms with Crippen LogP contribution in [0.1, 0.15) is 256 Å². The Morgan fingerprint density at radius 2 is 0.743 bits per heavy atom. The molecule has 0 saturated carbocycles. The summed E-state index contributed by atoms with van der Waals surface area (Å²) in [5.74, 6) is -21.7. The van der Waals surface area contributed by atoms with E-state index in [1.807, 2.05) is 0 Å². The molecule has 2 saturated heterocycles. The number of nitrogens with two attached hydrogens (primary N) is 2. The topological polar surface area (TPSA) is 708 Å². The monoisotopic (exact) mass is 1980 g/mol. The Kier molecular flexibility index (Phi) is 43.9. The molecule has 2 heterocycles. The van der Waals surface area contributed by atoms with Crippen molar-refractivity contribution in [1.82, 2.24) is 106 Å². The van der Waals surface area contributed by atoms with Crippen LogP contribution in [0.15, 0.2) is 30.3 Å². The largest absolute Gasteiger partial charge is 0.481 e. The van der Waals surface area contributed by atoms with Crippen LogP contribution < -0.4 is 107 Å². The molecule has 24 N–H and O–H groups in total. The number of nitrogens with one attached hydrogen (secondary N) is 18. The van der Waals surface area contributed by atoms with Gasteiger partial charge in [0.1, 0.15) is 104 Å².